The first-order chi connectivity index (χ1) is 13.1. The lowest BCUT2D eigenvalue weighted by atomic mass is 9.83. The van der Waals surface area contributed by atoms with Crippen LogP contribution in [-0.4, -0.2) is 23.2 Å². The average Bonchev–Trinajstić information content (AvgIpc) is 2.59. The normalized spacial score (nSPS) is 17.0. The van der Waals surface area contributed by atoms with Crippen LogP contribution in [0, 0.1) is 0 Å². The van der Waals surface area contributed by atoms with Gasteiger partial charge in [0.15, 0.2) is 0 Å². The van der Waals surface area contributed by atoms with Gasteiger partial charge in [0.2, 0.25) is 0 Å². The smallest absolute Gasteiger partial charge is 0.331 e. The molecule has 150 valence electrons. The number of benzene rings is 1. The van der Waals surface area contributed by atoms with Crippen molar-refractivity contribution in [2.24, 2.45) is 10.2 Å². The van der Waals surface area contributed by atoms with Crippen molar-refractivity contribution in [2.45, 2.75) is 57.1 Å². The van der Waals surface area contributed by atoms with E-state index in [1.807, 2.05) is 12.1 Å². The van der Waals surface area contributed by atoms with E-state index in [-0.39, 0.29) is 22.7 Å². The van der Waals surface area contributed by atoms with Crippen LogP contribution in [0.1, 0.15) is 51.3 Å². The molecule has 1 amide bonds. The van der Waals surface area contributed by atoms with Gasteiger partial charge in [-0.05, 0) is 60.2 Å². The molecule has 7 heteroatoms. The van der Waals surface area contributed by atoms with Crippen LogP contribution in [0.3, 0.4) is 0 Å². The summed E-state index contributed by atoms with van der Waals surface area (Å²) >= 11 is 7.95. The highest BCUT2D eigenvalue weighted by molar-refractivity contribution is 8.00. The summed E-state index contributed by atoms with van der Waals surface area (Å²) < 4.78 is 5.12. The summed E-state index contributed by atoms with van der Waals surface area (Å²) in [6, 6.07) is 3.90. The van der Waals surface area contributed by atoms with E-state index in [0.717, 1.165) is 16.7 Å². The molecule has 0 saturated carbocycles. The van der Waals surface area contributed by atoms with Crippen LogP contribution in [-0.2, 0) is 25.5 Å². The highest BCUT2D eigenvalue weighted by atomic mass is 35.5. The topological polar surface area (TPSA) is 68.1 Å². The van der Waals surface area contributed by atoms with Crippen LogP contribution in [0.2, 0.25) is 5.02 Å². The number of hydrogen-bond acceptors (Lipinski definition) is 5. The van der Waals surface area contributed by atoms with Gasteiger partial charge in [0.1, 0.15) is 5.25 Å². The van der Waals surface area contributed by atoms with Gasteiger partial charge >= 0.3 is 5.97 Å². The molecule has 1 atom stereocenters. The minimum atomic E-state index is -0.412. The van der Waals surface area contributed by atoms with E-state index in [9.17, 15) is 9.59 Å². The van der Waals surface area contributed by atoms with Crippen LogP contribution in [0.4, 0.5) is 0 Å². The van der Waals surface area contributed by atoms with Gasteiger partial charge in [-0.15, -0.1) is 16.9 Å². The van der Waals surface area contributed by atoms with Gasteiger partial charge in [-0.3, -0.25) is 4.79 Å². The second-order valence-electron chi connectivity index (χ2n) is 7.73. The predicted octanol–water partition coefficient (Wildman–Crippen LogP) is 5.71. The first-order valence-corrected chi connectivity index (χ1v) is 10.4. The molecule has 28 heavy (non-hydrogen) atoms. The third kappa shape index (κ3) is 6.31. The number of carbonyl (C=O) groups is 2. The number of thioether (sulfide) groups is 1. The third-order valence-corrected chi connectivity index (χ3v) is 5.45. The molecule has 0 N–H and O–H groups in total. The number of amides is 1. The molecule has 2 rings (SSSR count). The quantitative estimate of drug-likeness (QED) is 0.436. The minimum absolute atomic E-state index is 0.121. The monoisotopic (exact) mass is 420 g/mol. The van der Waals surface area contributed by atoms with Crippen molar-refractivity contribution >= 4 is 41.3 Å². The van der Waals surface area contributed by atoms with Gasteiger partial charge in [-0.2, -0.15) is 5.11 Å². The third-order valence-electron chi connectivity index (χ3n) is 3.93. The molecule has 1 aromatic rings. The van der Waals surface area contributed by atoms with Crippen molar-refractivity contribution in [3.05, 3.63) is 52.2 Å². The van der Waals surface area contributed by atoms with Crippen molar-refractivity contribution in [1.29, 1.82) is 0 Å². The van der Waals surface area contributed by atoms with Gasteiger partial charge in [-0.1, -0.05) is 32.4 Å². The van der Waals surface area contributed by atoms with Crippen LogP contribution in [0.15, 0.2) is 40.7 Å². The first kappa shape index (κ1) is 22.4. The predicted molar refractivity (Wildman–Crippen MR) is 115 cm³/mol. The summed E-state index contributed by atoms with van der Waals surface area (Å²) in [4.78, 5) is 23.7. The number of azo groups is 1. The molecule has 5 nitrogen and oxygen atoms in total. The molecule has 0 saturated heterocycles. The molecule has 1 aliphatic rings. The number of nitrogens with zero attached hydrogens (tertiary/aromatic N) is 2. The number of halogens is 1. The number of rotatable bonds is 6. The standard InChI is InChI=1S/C21H25ClN2O3S/c1-13(2)27-19(25)7-6-14-10-15(16(11-17(14)22)21(3,4)5)12-28-18-8-9-23-24-20(18)26/h6-11,13,18H,12H2,1-5H3/b7-6+. The highest BCUT2D eigenvalue weighted by Gasteiger charge is 2.23. The molecule has 1 aromatic carbocycles. The van der Waals surface area contributed by atoms with Gasteiger partial charge in [0.05, 0.1) is 6.10 Å². The average molecular weight is 421 g/mol. The highest BCUT2D eigenvalue weighted by Crippen LogP contribution is 2.34. The van der Waals surface area contributed by atoms with E-state index < -0.39 is 5.97 Å². The fourth-order valence-electron chi connectivity index (χ4n) is 2.66. The van der Waals surface area contributed by atoms with Crippen LogP contribution >= 0.6 is 23.4 Å². The Morgan fingerprint density at radius 2 is 2.07 bits per heavy atom. The fraction of sp³-hybridized carbons (Fsp3) is 0.429. The van der Waals surface area contributed by atoms with Gasteiger partial charge in [-0.25, -0.2) is 4.79 Å². The maximum Gasteiger partial charge on any atom is 0.331 e. The molecule has 0 radical (unpaired) electrons. The fourth-order valence-corrected chi connectivity index (χ4v) is 3.86. The maximum atomic E-state index is 11.9. The SMILES string of the molecule is CC(C)OC(=O)/C=C/c1cc(CSC2C=CN=NC2=O)c(C(C)(C)C)cc1Cl. The number of ether oxygens (including phenoxy) is 1. The second kappa shape index (κ2) is 9.52. The van der Waals surface area contributed by atoms with E-state index in [2.05, 4.69) is 31.0 Å². The summed E-state index contributed by atoms with van der Waals surface area (Å²) in [5.41, 5.74) is 2.77. The molecular weight excluding hydrogens is 396 g/mol. The molecule has 1 aliphatic heterocycles. The molecule has 1 unspecified atom stereocenters. The Balaban J connectivity index is 2.29. The Kier molecular flexibility index (Phi) is 7.61. The minimum Gasteiger partial charge on any atom is -0.460 e. The second-order valence-corrected chi connectivity index (χ2v) is 9.26. The Bertz CT molecular complexity index is 839. The van der Waals surface area contributed by atoms with E-state index in [4.69, 9.17) is 16.3 Å². The molecule has 0 aromatic heterocycles. The Labute approximate surface area is 175 Å². The zero-order valence-electron chi connectivity index (χ0n) is 16.7. The first-order valence-electron chi connectivity index (χ1n) is 9.02. The summed E-state index contributed by atoms with van der Waals surface area (Å²) in [5, 5.41) is 7.43. The molecule has 0 spiro atoms. The molecule has 0 fully saturated rings. The molecule has 0 aliphatic carbocycles. The van der Waals surface area contributed by atoms with Crippen LogP contribution < -0.4 is 0 Å². The van der Waals surface area contributed by atoms with E-state index in [1.165, 1.54) is 17.8 Å². The summed E-state index contributed by atoms with van der Waals surface area (Å²) in [5.74, 6) is -0.0577. The lowest BCUT2D eigenvalue weighted by molar-refractivity contribution is -0.141. The number of carbonyl (C=O) groups excluding carboxylic acids is 2. The van der Waals surface area contributed by atoms with E-state index >= 15 is 0 Å². The summed E-state index contributed by atoms with van der Waals surface area (Å²) in [7, 11) is 0. The van der Waals surface area contributed by atoms with Crippen molar-refractivity contribution in [1.82, 2.24) is 0 Å². The van der Waals surface area contributed by atoms with E-state index in [0.29, 0.717) is 10.8 Å². The van der Waals surface area contributed by atoms with Crippen molar-refractivity contribution < 1.29 is 14.3 Å². The lowest BCUT2D eigenvalue weighted by Gasteiger charge is -2.24. The van der Waals surface area contributed by atoms with Crippen molar-refractivity contribution in [3.63, 3.8) is 0 Å². The van der Waals surface area contributed by atoms with Crippen LogP contribution in [0.25, 0.3) is 6.08 Å². The van der Waals surface area contributed by atoms with Gasteiger partial charge in [0.25, 0.3) is 5.91 Å². The zero-order chi connectivity index (χ0) is 20.9. The Morgan fingerprint density at radius 3 is 2.68 bits per heavy atom. The molecule has 0 bridgehead atoms. The lowest BCUT2D eigenvalue weighted by Crippen LogP contribution is -2.17. The Morgan fingerprint density at radius 1 is 1.36 bits per heavy atom. The summed E-state index contributed by atoms with van der Waals surface area (Å²) in [6.45, 7) is 9.94. The van der Waals surface area contributed by atoms with Crippen molar-refractivity contribution in [2.75, 3.05) is 0 Å². The molecular formula is C21H25ClN2O3S. The van der Waals surface area contributed by atoms with Gasteiger partial charge in [0, 0.05) is 23.1 Å². The Hall–Kier alpha value is -1.92. The number of hydrogen-bond donors (Lipinski definition) is 0. The number of esters is 1. The van der Waals surface area contributed by atoms with Gasteiger partial charge < -0.3 is 4.74 Å². The van der Waals surface area contributed by atoms with Crippen LogP contribution in [0.5, 0.6) is 0 Å². The van der Waals surface area contributed by atoms with E-state index in [1.54, 1.807) is 32.2 Å². The van der Waals surface area contributed by atoms with Crippen molar-refractivity contribution in [3.8, 4) is 0 Å². The molecule has 1 heterocycles. The largest absolute Gasteiger partial charge is 0.460 e. The zero-order valence-corrected chi connectivity index (χ0v) is 18.3. The maximum absolute atomic E-state index is 11.9. The summed E-state index contributed by atoms with van der Waals surface area (Å²) in [6.07, 6.45) is 6.15.